The van der Waals surface area contributed by atoms with Crippen molar-refractivity contribution >= 4 is 37.4 Å². The van der Waals surface area contributed by atoms with Crippen LogP contribution < -0.4 is 9.44 Å². The van der Waals surface area contributed by atoms with E-state index >= 15 is 0 Å². The molecule has 1 rings (SSSR count). The average Bonchev–Trinajstić information content (AvgIpc) is 2.78. The minimum Gasteiger partial charge on any atom is -0.478 e. The minimum absolute atomic E-state index is 0.131. The number of hydrogen-bond acceptors (Lipinski definition) is 6. The number of carbonyl (C=O) groups is 1. The normalized spacial score (nSPS) is 12.5. The smallest absolute Gasteiger partial charge is 0.336 e. The van der Waals surface area contributed by atoms with Gasteiger partial charge in [0.15, 0.2) is 0 Å². The Kier molecular flexibility index (Phi) is 5.04. The summed E-state index contributed by atoms with van der Waals surface area (Å²) in [6.45, 7) is -0.300. The molecule has 0 atom stereocenters. The first-order valence-electron chi connectivity index (χ1n) is 4.90. The lowest BCUT2D eigenvalue weighted by Crippen LogP contribution is -2.32. The monoisotopic (exact) mass is 328 g/mol. The zero-order chi connectivity index (χ0) is 14.7. The molecule has 1 aromatic rings. The van der Waals surface area contributed by atoms with Gasteiger partial charge in [-0.25, -0.2) is 31.1 Å². The van der Waals surface area contributed by atoms with Crippen molar-refractivity contribution < 1.29 is 26.7 Å². The van der Waals surface area contributed by atoms with Crippen LogP contribution in [0.3, 0.4) is 0 Å². The van der Waals surface area contributed by atoms with Crippen molar-refractivity contribution in [2.24, 2.45) is 0 Å². The molecule has 0 bridgehead atoms. The molecule has 11 heteroatoms. The van der Waals surface area contributed by atoms with Gasteiger partial charge in [-0.15, -0.1) is 11.3 Å². The Bertz CT molecular complexity index is 660. The third-order valence-electron chi connectivity index (χ3n) is 2.06. The van der Waals surface area contributed by atoms with Gasteiger partial charge in [0, 0.05) is 11.9 Å². The number of carboxylic acid groups (broad SMARTS) is 1. The molecule has 108 valence electrons. The van der Waals surface area contributed by atoms with Crippen molar-refractivity contribution in [3.05, 3.63) is 17.0 Å². The van der Waals surface area contributed by atoms with Crippen molar-refractivity contribution in [1.29, 1.82) is 0 Å². The third kappa shape index (κ3) is 4.54. The van der Waals surface area contributed by atoms with Gasteiger partial charge >= 0.3 is 5.97 Å². The maximum Gasteiger partial charge on any atom is 0.336 e. The molecule has 1 aromatic heterocycles. The fourth-order valence-corrected chi connectivity index (χ4v) is 3.99. The Morgan fingerprint density at radius 1 is 1.37 bits per heavy atom. The number of aromatic carboxylic acids is 1. The molecule has 8 nitrogen and oxygen atoms in total. The SMILES string of the molecule is CNS(=O)(=O)CCNS(=O)(=O)c1cc(C(=O)O)cs1. The average molecular weight is 328 g/mol. The lowest BCUT2D eigenvalue weighted by Gasteiger charge is -2.04. The highest BCUT2D eigenvalue weighted by Crippen LogP contribution is 2.19. The van der Waals surface area contributed by atoms with E-state index in [0.717, 1.165) is 17.4 Å². The van der Waals surface area contributed by atoms with E-state index in [2.05, 4.69) is 4.72 Å². The molecule has 3 N–H and O–H groups in total. The molecule has 0 aliphatic heterocycles. The summed E-state index contributed by atoms with van der Waals surface area (Å²) < 4.78 is 49.6. The first-order valence-corrected chi connectivity index (χ1v) is 8.92. The number of hydrogen-bond donors (Lipinski definition) is 3. The van der Waals surface area contributed by atoms with Gasteiger partial charge < -0.3 is 5.11 Å². The minimum atomic E-state index is -3.89. The number of sulfonamides is 2. The first-order chi connectivity index (χ1) is 8.68. The fraction of sp³-hybridized carbons (Fsp3) is 0.375. The van der Waals surface area contributed by atoms with Gasteiger partial charge in [-0.2, -0.15) is 0 Å². The van der Waals surface area contributed by atoms with Crippen molar-refractivity contribution in [3.8, 4) is 0 Å². The Balaban J connectivity index is 2.73. The molecule has 1 heterocycles. The summed E-state index contributed by atoms with van der Waals surface area (Å²) in [6.07, 6.45) is 0. The highest BCUT2D eigenvalue weighted by Gasteiger charge is 2.19. The molecule has 0 saturated carbocycles. The fourth-order valence-electron chi connectivity index (χ4n) is 1.05. The molecule has 0 aliphatic carbocycles. The van der Waals surface area contributed by atoms with E-state index in [4.69, 9.17) is 5.11 Å². The van der Waals surface area contributed by atoms with Crippen LogP contribution in [0.1, 0.15) is 10.4 Å². The van der Waals surface area contributed by atoms with Crippen LogP contribution in [-0.2, 0) is 20.0 Å². The van der Waals surface area contributed by atoms with Crippen molar-refractivity contribution in [3.63, 3.8) is 0 Å². The summed E-state index contributed by atoms with van der Waals surface area (Å²) in [5.41, 5.74) is -0.131. The highest BCUT2D eigenvalue weighted by molar-refractivity contribution is 7.91. The molecule has 0 aromatic carbocycles. The molecule has 0 radical (unpaired) electrons. The number of nitrogens with one attached hydrogen (secondary N) is 2. The number of thiophene rings is 1. The second-order valence-electron chi connectivity index (χ2n) is 3.38. The molecular formula is C8H12N2O6S3. The molecule has 0 aliphatic rings. The summed E-state index contributed by atoms with van der Waals surface area (Å²) >= 11 is 0.752. The second kappa shape index (κ2) is 5.96. The largest absolute Gasteiger partial charge is 0.478 e. The Hall–Kier alpha value is -1.01. The lowest BCUT2D eigenvalue weighted by atomic mass is 10.4. The summed E-state index contributed by atoms with van der Waals surface area (Å²) in [4.78, 5) is 10.6. The quantitative estimate of drug-likeness (QED) is 0.605. The maximum atomic E-state index is 11.7. The van der Waals surface area contributed by atoms with Gasteiger partial charge in [0.25, 0.3) is 0 Å². The van der Waals surface area contributed by atoms with Crippen LogP contribution in [0.15, 0.2) is 15.7 Å². The van der Waals surface area contributed by atoms with Crippen LogP contribution in [0.5, 0.6) is 0 Å². The van der Waals surface area contributed by atoms with Crippen LogP contribution in [0, 0.1) is 0 Å². The van der Waals surface area contributed by atoms with Crippen LogP contribution in [0.2, 0.25) is 0 Å². The van der Waals surface area contributed by atoms with Crippen LogP contribution in [-0.4, -0.2) is 47.3 Å². The Morgan fingerprint density at radius 3 is 2.47 bits per heavy atom. The summed E-state index contributed by atoms with van der Waals surface area (Å²) in [6, 6.07) is 1.02. The van der Waals surface area contributed by atoms with Crippen molar-refractivity contribution in [1.82, 2.24) is 9.44 Å². The predicted molar refractivity (Wildman–Crippen MR) is 69.3 cm³/mol. The van der Waals surface area contributed by atoms with Gasteiger partial charge in [0.1, 0.15) is 4.21 Å². The van der Waals surface area contributed by atoms with Gasteiger partial charge in [0.05, 0.1) is 11.3 Å². The summed E-state index contributed by atoms with van der Waals surface area (Å²) in [7, 11) is -6.17. The molecule has 0 fully saturated rings. The number of carboxylic acids is 1. The predicted octanol–water partition coefficient (Wildman–Crippen LogP) is -0.726. The van der Waals surface area contributed by atoms with E-state index < -0.39 is 31.8 Å². The zero-order valence-corrected chi connectivity index (χ0v) is 12.2. The molecule has 19 heavy (non-hydrogen) atoms. The molecule has 0 spiro atoms. The maximum absolute atomic E-state index is 11.7. The van der Waals surface area contributed by atoms with E-state index in [1.807, 2.05) is 4.72 Å². The molecular weight excluding hydrogens is 316 g/mol. The van der Waals surface area contributed by atoms with Crippen molar-refractivity contribution in [2.75, 3.05) is 19.3 Å². The number of rotatable bonds is 7. The summed E-state index contributed by atoms with van der Waals surface area (Å²) in [5, 5.41) is 9.88. The standard InChI is InChI=1S/C8H12N2O6S3/c1-9-18(13,14)3-2-10-19(15,16)7-4-6(5-17-7)8(11)12/h4-5,9-10H,2-3H2,1H3,(H,11,12). The van der Waals surface area contributed by atoms with E-state index in [1.54, 1.807) is 0 Å². The lowest BCUT2D eigenvalue weighted by molar-refractivity contribution is 0.0697. The molecule has 0 unspecified atom stereocenters. The van der Waals surface area contributed by atoms with Gasteiger partial charge in [-0.05, 0) is 13.1 Å². The van der Waals surface area contributed by atoms with Gasteiger partial charge in [-0.3, -0.25) is 0 Å². The highest BCUT2D eigenvalue weighted by atomic mass is 32.2. The van der Waals surface area contributed by atoms with Crippen LogP contribution >= 0.6 is 11.3 Å². The molecule has 0 saturated heterocycles. The van der Waals surface area contributed by atoms with Gasteiger partial charge in [0.2, 0.25) is 20.0 Å². The second-order valence-corrected chi connectivity index (χ2v) is 8.33. The third-order valence-corrected chi connectivity index (χ3v) is 6.33. The van der Waals surface area contributed by atoms with E-state index in [1.165, 1.54) is 12.4 Å². The zero-order valence-electron chi connectivity index (χ0n) is 9.78. The molecule has 0 amide bonds. The first kappa shape index (κ1) is 16.0. The van der Waals surface area contributed by atoms with Gasteiger partial charge in [-0.1, -0.05) is 0 Å². The summed E-state index contributed by atoms with van der Waals surface area (Å²) in [5.74, 6) is -1.63. The van der Waals surface area contributed by atoms with Crippen molar-refractivity contribution in [2.45, 2.75) is 4.21 Å². The Morgan fingerprint density at radius 2 is 2.00 bits per heavy atom. The Labute approximate surface area is 114 Å². The van der Waals surface area contributed by atoms with Crippen LogP contribution in [0.25, 0.3) is 0 Å². The van der Waals surface area contributed by atoms with Crippen LogP contribution in [0.4, 0.5) is 0 Å². The topological polar surface area (TPSA) is 130 Å². The van der Waals surface area contributed by atoms with E-state index in [9.17, 15) is 21.6 Å². The van der Waals surface area contributed by atoms with E-state index in [0.29, 0.717) is 0 Å². The van der Waals surface area contributed by atoms with E-state index in [-0.39, 0.29) is 16.3 Å².